The first kappa shape index (κ1) is 46.0. The van der Waals surface area contributed by atoms with Gasteiger partial charge in [0.1, 0.15) is 25.2 Å². The number of thioether (sulfide) groups is 1. The summed E-state index contributed by atoms with van der Waals surface area (Å²) in [6, 6.07) is 6.43. The van der Waals surface area contributed by atoms with Gasteiger partial charge in [0, 0.05) is 50.8 Å². The van der Waals surface area contributed by atoms with E-state index in [9.17, 15) is 10.2 Å². The molecule has 1 saturated carbocycles. The zero-order valence-electron chi connectivity index (χ0n) is 35.8. The number of aliphatic hydroxyl groups is 2. The second kappa shape index (κ2) is 25.6. The standard InChI is InChI=1S/C48H78N2O6S/c1-4-6-7-8-9-10-11-12-13-14-15-16-17-22-34-57-45-37-43(49-53-3)41-35-38(23-18-20-30-51)40(24-19-21-31-52)46-42-36-39(54-33-29-50-27-28-50)25-26-44(42)56-48(45,47(41)46)55-32-5-2/h5,25-26,35-36,38,40,45-47,51-52H,2,4,6-24,27-34,37H2,1,3H3/t38-,40+,45-,46+,47+,48+/m0/s1. The van der Waals surface area contributed by atoms with E-state index in [0.29, 0.717) is 25.6 Å². The molecule has 2 aliphatic heterocycles. The number of aliphatic hydroxyl groups excluding tert-OH is 2. The van der Waals surface area contributed by atoms with E-state index in [1.807, 2.05) is 17.8 Å². The summed E-state index contributed by atoms with van der Waals surface area (Å²) in [6.45, 7) is 11.1. The Morgan fingerprint density at radius 1 is 0.895 bits per heavy atom. The van der Waals surface area contributed by atoms with E-state index in [4.69, 9.17) is 24.2 Å². The first-order valence-electron chi connectivity index (χ1n) is 23.2. The summed E-state index contributed by atoms with van der Waals surface area (Å²) in [6.07, 6.45) is 29.4. The summed E-state index contributed by atoms with van der Waals surface area (Å²) >= 11 is 1.98. The Balaban J connectivity index is 1.34. The van der Waals surface area contributed by atoms with Gasteiger partial charge in [-0.05, 0) is 73.5 Å². The number of rotatable bonds is 32. The fourth-order valence-corrected chi connectivity index (χ4v) is 11.2. The molecule has 0 aromatic heterocycles. The van der Waals surface area contributed by atoms with E-state index in [-0.39, 0.29) is 36.2 Å². The third-order valence-corrected chi connectivity index (χ3v) is 14.3. The molecule has 4 aliphatic rings. The van der Waals surface area contributed by atoms with Crippen LogP contribution in [-0.4, -0.2) is 90.8 Å². The van der Waals surface area contributed by atoms with E-state index < -0.39 is 5.79 Å². The van der Waals surface area contributed by atoms with Gasteiger partial charge in [0.15, 0.2) is 0 Å². The summed E-state index contributed by atoms with van der Waals surface area (Å²) in [5, 5.41) is 24.4. The van der Waals surface area contributed by atoms with Gasteiger partial charge in [0.25, 0.3) is 0 Å². The van der Waals surface area contributed by atoms with Crippen LogP contribution in [0.4, 0.5) is 0 Å². The van der Waals surface area contributed by atoms with Crippen molar-refractivity contribution < 1.29 is 29.3 Å². The molecule has 0 bridgehead atoms. The van der Waals surface area contributed by atoms with E-state index >= 15 is 0 Å². The first-order chi connectivity index (χ1) is 28.1. The van der Waals surface area contributed by atoms with Crippen molar-refractivity contribution in [2.75, 3.05) is 58.9 Å². The molecule has 6 atom stereocenters. The minimum atomic E-state index is -0.905. The van der Waals surface area contributed by atoms with Crippen molar-refractivity contribution in [1.29, 1.82) is 0 Å². The number of hydrogen-bond donors (Lipinski definition) is 2. The number of allylic oxidation sites excluding steroid dienone is 1. The molecule has 2 N–H and O–H groups in total. The molecule has 1 aromatic carbocycles. The Bertz CT molecular complexity index is 1370. The van der Waals surface area contributed by atoms with Gasteiger partial charge in [-0.25, -0.2) is 0 Å². The lowest BCUT2D eigenvalue weighted by Gasteiger charge is -2.58. The van der Waals surface area contributed by atoms with Crippen LogP contribution in [0.2, 0.25) is 0 Å². The summed E-state index contributed by atoms with van der Waals surface area (Å²) in [5.74, 6) is 2.48. The van der Waals surface area contributed by atoms with Crippen LogP contribution in [0.15, 0.2) is 47.7 Å². The van der Waals surface area contributed by atoms with Crippen LogP contribution in [-0.2, 0) is 9.57 Å². The SMILES string of the molecule is C=CCO[C@@]12Oc3ccc(OCCN4CC4)cc3[C@H]3[C@H](CCCCO)[C@@H](CCCCO)C=C(C(=NOC)C[C@@H]1SCCCCCCCCCCCCCCCC)[C@H]32. The van der Waals surface area contributed by atoms with Crippen LogP contribution < -0.4 is 9.47 Å². The second-order valence-corrected chi connectivity index (χ2v) is 18.4. The molecule has 1 saturated heterocycles. The molecule has 9 heteroatoms. The van der Waals surface area contributed by atoms with Gasteiger partial charge in [0.2, 0.25) is 5.79 Å². The van der Waals surface area contributed by atoms with Crippen LogP contribution in [0.1, 0.15) is 153 Å². The average molecular weight is 811 g/mol. The van der Waals surface area contributed by atoms with Crippen molar-refractivity contribution in [2.45, 2.75) is 159 Å². The Morgan fingerprint density at radius 2 is 1.56 bits per heavy atom. The Labute approximate surface area is 350 Å². The fraction of sp³-hybridized carbons (Fsp3) is 0.771. The van der Waals surface area contributed by atoms with Gasteiger partial charge < -0.3 is 29.3 Å². The number of hydrogen-bond acceptors (Lipinski definition) is 9. The van der Waals surface area contributed by atoms with E-state index in [2.05, 4.69) is 42.7 Å². The number of ether oxygens (including phenoxy) is 3. The maximum Gasteiger partial charge on any atom is 0.230 e. The highest BCUT2D eigenvalue weighted by atomic mass is 32.2. The van der Waals surface area contributed by atoms with E-state index in [0.717, 1.165) is 81.1 Å². The minimum absolute atomic E-state index is 0.0127. The molecule has 2 fully saturated rings. The topological polar surface area (TPSA) is 92.8 Å². The first-order valence-corrected chi connectivity index (χ1v) is 24.2. The second-order valence-electron chi connectivity index (χ2n) is 17.1. The maximum absolute atomic E-state index is 9.87. The summed E-state index contributed by atoms with van der Waals surface area (Å²) in [5.41, 5.74) is 3.37. The number of nitrogens with zero attached hydrogens (tertiary/aromatic N) is 2. The van der Waals surface area contributed by atoms with Gasteiger partial charge >= 0.3 is 0 Å². The highest BCUT2D eigenvalue weighted by Crippen LogP contribution is 2.62. The predicted molar refractivity (Wildman–Crippen MR) is 237 cm³/mol. The highest BCUT2D eigenvalue weighted by Gasteiger charge is 2.63. The quantitative estimate of drug-likeness (QED) is 0.0322. The van der Waals surface area contributed by atoms with Crippen molar-refractivity contribution >= 4 is 17.5 Å². The molecule has 0 unspecified atom stereocenters. The lowest BCUT2D eigenvalue weighted by molar-refractivity contribution is -0.223. The molecule has 2 aliphatic carbocycles. The third-order valence-electron chi connectivity index (χ3n) is 12.9. The Hall–Kier alpha value is -2.04. The van der Waals surface area contributed by atoms with Gasteiger partial charge in [-0.2, -0.15) is 11.8 Å². The number of oxime groups is 1. The molecule has 5 rings (SSSR count). The fourth-order valence-electron chi connectivity index (χ4n) is 9.79. The molecular weight excluding hydrogens is 733 g/mol. The van der Waals surface area contributed by atoms with Crippen molar-refractivity contribution in [3.05, 3.63) is 48.1 Å². The van der Waals surface area contributed by atoms with Crippen LogP contribution in [0.5, 0.6) is 11.5 Å². The molecule has 0 spiro atoms. The summed E-state index contributed by atoms with van der Waals surface area (Å²) in [4.78, 5) is 7.98. The number of unbranched alkanes of at least 4 members (excludes halogenated alkanes) is 15. The zero-order valence-corrected chi connectivity index (χ0v) is 36.6. The highest BCUT2D eigenvalue weighted by molar-refractivity contribution is 8.00. The van der Waals surface area contributed by atoms with Crippen molar-refractivity contribution in [2.24, 2.45) is 22.9 Å². The van der Waals surface area contributed by atoms with E-state index in [1.165, 1.54) is 101 Å². The van der Waals surface area contributed by atoms with Gasteiger partial charge in [0.05, 0.1) is 23.5 Å². The maximum atomic E-state index is 9.87. The van der Waals surface area contributed by atoms with Gasteiger partial charge in [-0.1, -0.05) is 121 Å². The van der Waals surface area contributed by atoms with Crippen LogP contribution in [0.3, 0.4) is 0 Å². The van der Waals surface area contributed by atoms with Crippen molar-refractivity contribution in [3.8, 4) is 11.5 Å². The molecule has 0 radical (unpaired) electrons. The van der Waals surface area contributed by atoms with Gasteiger partial charge in [-0.3, -0.25) is 4.90 Å². The Kier molecular flexibility index (Phi) is 20.6. The summed E-state index contributed by atoms with van der Waals surface area (Å²) < 4.78 is 20.8. The van der Waals surface area contributed by atoms with Crippen LogP contribution in [0, 0.1) is 17.8 Å². The van der Waals surface area contributed by atoms with Crippen molar-refractivity contribution in [3.63, 3.8) is 0 Å². The normalized spacial score (nSPS) is 25.7. The molecule has 8 nitrogen and oxygen atoms in total. The van der Waals surface area contributed by atoms with Crippen molar-refractivity contribution in [1.82, 2.24) is 4.90 Å². The number of benzene rings is 1. The Morgan fingerprint density at radius 3 is 2.19 bits per heavy atom. The van der Waals surface area contributed by atoms with Crippen LogP contribution >= 0.6 is 11.8 Å². The lowest BCUT2D eigenvalue weighted by atomic mass is 9.56. The smallest absolute Gasteiger partial charge is 0.230 e. The average Bonchev–Trinajstić information content (AvgIpc) is 4.05. The van der Waals surface area contributed by atoms with Crippen LogP contribution in [0.25, 0.3) is 0 Å². The molecule has 57 heavy (non-hydrogen) atoms. The molecule has 0 amide bonds. The third kappa shape index (κ3) is 13.5. The largest absolute Gasteiger partial charge is 0.492 e. The van der Waals surface area contributed by atoms with Gasteiger partial charge in [-0.15, -0.1) is 6.58 Å². The lowest BCUT2D eigenvalue weighted by Crippen LogP contribution is -2.64. The molecular formula is C48H78N2O6S. The molecule has 1 aromatic rings. The zero-order chi connectivity index (χ0) is 40.1. The summed E-state index contributed by atoms with van der Waals surface area (Å²) in [7, 11) is 1.66. The van der Waals surface area contributed by atoms with E-state index in [1.54, 1.807) is 7.11 Å². The predicted octanol–water partition coefficient (Wildman–Crippen LogP) is 10.9. The number of fused-ring (bicyclic) bond motifs is 2. The molecule has 322 valence electrons. The monoisotopic (exact) mass is 811 g/mol. The molecule has 2 heterocycles. The minimum Gasteiger partial charge on any atom is -0.492 e.